The number of hydrogen-bond donors (Lipinski definition) is 0. The maximum Gasteiger partial charge on any atom is -0.0386 e. The highest BCUT2D eigenvalue weighted by Gasteiger charge is 2.12. The summed E-state index contributed by atoms with van der Waals surface area (Å²) in [7, 11) is 0. The van der Waals surface area contributed by atoms with Gasteiger partial charge in [0.05, 0.1) is 0 Å². The van der Waals surface area contributed by atoms with Gasteiger partial charge >= 0.3 is 0 Å². The predicted octanol–water partition coefficient (Wildman–Crippen LogP) is 4.06. The highest BCUT2D eigenvalue weighted by Crippen LogP contribution is 2.23. The molecule has 0 saturated carbocycles. The lowest BCUT2D eigenvalue weighted by Crippen LogP contribution is -2.10. The molecule has 0 fully saturated rings. The summed E-state index contributed by atoms with van der Waals surface area (Å²) in [6.07, 6.45) is 7.83. The van der Waals surface area contributed by atoms with E-state index in [1.807, 2.05) is 0 Å². The van der Waals surface area contributed by atoms with Crippen LogP contribution in [0, 0.1) is 18.3 Å². The molecule has 2 unspecified atom stereocenters. The number of hydrogen-bond acceptors (Lipinski definition) is 0. The van der Waals surface area contributed by atoms with E-state index in [1.165, 1.54) is 25.7 Å². The molecule has 0 spiro atoms. The van der Waals surface area contributed by atoms with Gasteiger partial charge in [0.1, 0.15) is 0 Å². The zero-order valence-electron chi connectivity index (χ0n) is 8.56. The molecule has 0 aromatic heterocycles. The van der Waals surface area contributed by atoms with Crippen LogP contribution in [-0.2, 0) is 0 Å². The Bertz CT molecular complexity index is 76.1. The molecule has 0 nitrogen and oxygen atoms in total. The fraction of sp³-hybridized carbons (Fsp3) is 0.909. The highest BCUT2D eigenvalue weighted by molar-refractivity contribution is 4.74. The smallest absolute Gasteiger partial charge is 0.0386 e. The van der Waals surface area contributed by atoms with Crippen molar-refractivity contribution in [3.8, 4) is 0 Å². The van der Waals surface area contributed by atoms with Crippen molar-refractivity contribution < 1.29 is 0 Å². The fourth-order valence-corrected chi connectivity index (χ4v) is 1.58. The fourth-order valence-electron chi connectivity index (χ4n) is 1.58. The van der Waals surface area contributed by atoms with Crippen LogP contribution in [0.2, 0.25) is 0 Å². The second-order valence-electron chi connectivity index (χ2n) is 3.50. The van der Waals surface area contributed by atoms with Crippen molar-refractivity contribution in [1.82, 2.24) is 0 Å². The van der Waals surface area contributed by atoms with Crippen molar-refractivity contribution in [2.24, 2.45) is 11.8 Å². The molecule has 0 saturated heterocycles. The van der Waals surface area contributed by atoms with Gasteiger partial charge in [-0.05, 0) is 18.3 Å². The van der Waals surface area contributed by atoms with Crippen molar-refractivity contribution in [2.75, 3.05) is 0 Å². The summed E-state index contributed by atoms with van der Waals surface area (Å²) >= 11 is 0. The Morgan fingerprint density at radius 1 is 1.27 bits per heavy atom. The molecule has 0 rings (SSSR count). The van der Waals surface area contributed by atoms with Crippen LogP contribution < -0.4 is 0 Å². The largest absolute Gasteiger partial charge is 0.0654 e. The molecule has 0 amide bonds. The van der Waals surface area contributed by atoms with E-state index in [-0.39, 0.29) is 0 Å². The second-order valence-corrected chi connectivity index (χ2v) is 3.50. The summed E-state index contributed by atoms with van der Waals surface area (Å²) < 4.78 is 0. The first-order valence-corrected chi connectivity index (χ1v) is 5.05. The van der Waals surface area contributed by atoms with Gasteiger partial charge < -0.3 is 0 Å². The molecule has 0 heterocycles. The molecule has 0 aliphatic heterocycles. The highest BCUT2D eigenvalue weighted by atomic mass is 14.2. The van der Waals surface area contributed by atoms with E-state index >= 15 is 0 Å². The number of rotatable bonds is 6. The number of unbranched alkanes of at least 4 members (excludes halogenated alkanes) is 1. The molecular weight excluding hydrogens is 132 g/mol. The van der Waals surface area contributed by atoms with E-state index in [0.717, 1.165) is 11.8 Å². The van der Waals surface area contributed by atoms with Gasteiger partial charge in [-0.2, -0.15) is 0 Å². The maximum atomic E-state index is 2.34. The van der Waals surface area contributed by atoms with Crippen molar-refractivity contribution in [1.29, 1.82) is 0 Å². The van der Waals surface area contributed by atoms with Gasteiger partial charge in [0.25, 0.3) is 0 Å². The van der Waals surface area contributed by atoms with Crippen LogP contribution in [-0.4, -0.2) is 0 Å². The Balaban J connectivity index is 3.56. The third-order valence-electron chi connectivity index (χ3n) is 2.72. The summed E-state index contributed by atoms with van der Waals surface area (Å²) in [4.78, 5) is 0. The van der Waals surface area contributed by atoms with E-state index < -0.39 is 0 Å². The Morgan fingerprint density at radius 3 is 2.27 bits per heavy atom. The molecule has 0 heteroatoms. The SMILES string of the molecule is C[CH]C(C)C(CC)CCCC. The minimum Gasteiger partial charge on any atom is -0.0654 e. The molecule has 0 bridgehead atoms. The molecule has 0 aliphatic rings. The molecule has 2 atom stereocenters. The normalized spacial score (nSPS) is 16.4. The van der Waals surface area contributed by atoms with Gasteiger partial charge in [-0.1, -0.05) is 53.4 Å². The minimum atomic E-state index is 0.812. The third kappa shape index (κ3) is 4.44. The van der Waals surface area contributed by atoms with E-state index in [4.69, 9.17) is 0 Å². The van der Waals surface area contributed by atoms with Crippen molar-refractivity contribution in [3.05, 3.63) is 6.42 Å². The molecule has 1 radical (unpaired) electrons. The molecule has 0 aliphatic carbocycles. The van der Waals surface area contributed by atoms with Crippen LogP contribution in [0.3, 0.4) is 0 Å². The first-order valence-electron chi connectivity index (χ1n) is 5.05. The minimum absolute atomic E-state index is 0.812. The van der Waals surface area contributed by atoms with Gasteiger partial charge in [0, 0.05) is 0 Å². The maximum absolute atomic E-state index is 2.34. The van der Waals surface area contributed by atoms with Crippen LogP contribution in [0.15, 0.2) is 0 Å². The molecule has 0 N–H and O–H groups in total. The van der Waals surface area contributed by atoms with Crippen LogP contribution in [0.5, 0.6) is 0 Å². The zero-order valence-corrected chi connectivity index (χ0v) is 8.56. The topological polar surface area (TPSA) is 0 Å². The lowest BCUT2D eigenvalue weighted by Gasteiger charge is -2.20. The van der Waals surface area contributed by atoms with Crippen molar-refractivity contribution in [3.63, 3.8) is 0 Å². The quantitative estimate of drug-likeness (QED) is 0.542. The van der Waals surface area contributed by atoms with E-state index in [2.05, 4.69) is 34.1 Å². The van der Waals surface area contributed by atoms with Crippen LogP contribution >= 0.6 is 0 Å². The molecule has 0 aromatic carbocycles. The average Bonchev–Trinajstić information content (AvgIpc) is 2.05. The standard InChI is InChI=1S/C11H23/c1-5-8-9-11(7-3)10(4)6-2/h6,10-11H,5,7-9H2,1-4H3. The van der Waals surface area contributed by atoms with E-state index in [9.17, 15) is 0 Å². The summed E-state index contributed by atoms with van der Waals surface area (Å²) in [5, 5.41) is 0. The van der Waals surface area contributed by atoms with E-state index in [1.54, 1.807) is 0 Å². The van der Waals surface area contributed by atoms with Gasteiger partial charge in [0.2, 0.25) is 0 Å². The average molecular weight is 155 g/mol. The molecular formula is C11H23. The molecule has 11 heavy (non-hydrogen) atoms. The second kappa shape index (κ2) is 6.69. The summed E-state index contributed by atoms with van der Waals surface area (Å²) in [5.74, 6) is 1.74. The summed E-state index contributed by atoms with van der Waals surface area (Å²) in [6, 6.07) is 0. The van der Waals surface area contributed by atoms with Crippen molar-refractivity contribution in [2.45, 2.75) is 53.4 Å². The lowest BCUT2D eigenvalue weighted by molar-refractivity contribution is 0.351. The Morgan fingerprint density at radius 2 is 1.91 bits per heavy atom. The third-order valence-corrected chi connectivity index (χ3v) is 2.72. The van der Waals surface area contributed by atoms with Crippen LogP contribution in [0.4, 0.5) is 0 Å². The van der Waals surface area contributed by atoms with Crippen molar-refractivity contribution >= 4 is 0 Å². The predicted molar refractivity (Wildman–Crippen MR) is 52.4 cm³/mol. The Labute approximate surface area is 72.4 Å². The lowest BCUT2D eigenvalue weighted by atomic mass is 9.86. The van der Waals surface area contributed by atoms with Gasteiger partial charge in [-0.25, -0.2) is 0 Å². The van der Waals surface area contributed by atoms with Crippen LogP contribution in [0.1, 0.15) is 53.4 Å². The Kier molecular flexibility index (Phi) is 6.69. The molecule has 0 aromatic rings. The van der Waals surface area contributed by atoms with Gasteiger partial charge in [-0.3, -0.25) is 0 Å². The zero-order chi connectivity index (χ0) is 8.69. The molecule has 67 valence electrons. The van der Waals surface area contributed by atoms with Gasteiger partial charge in [-0.15, -0.1) is 0 Å². The Hall–Kier alpha value is 0. The van der Waals surface area contributed by atoms with Gasteiger partial charge in [0.15, 0.2) is 0 Å². The van der Waals surface area contributed by atoms with Crippen LogP contribution in [0.25, 0.3) is 0 Å². The first kappa shape index (κ1) is 11.0. The summed E-state index contributed by atoms with van der Waals surface area (Å²) in [5.41, 5.74) is 0. The summed E-state index contributed by atoms with van der Waals surface area (Å²) in [6.45, 7) is 9.09. The first-order chi connectivity index (χ1) is 5.26. The van der Waals surface area contributed by atoms with E-state index in [0.29, 0.717) is 0 Å². The monoisotopic (exact) mass is 155 g/mol.